The first-order valence-corrected chi connectivity index (χ1v) is 7.45. The van der Waals surface area contributed by atoms with E-state index in [1.54, 1.807) is 19.1 Å². The van der Waals surface area contributed by atoms with E-state index in [2.05, 4.69) is 5.32 Å². The molecule has 5 nitrogen and oxygen atoms in total. The van der Waals surface area contributed by atoms with E-state index in [4.69, 9.17) is 16.3 Å². The molecule has 0 saturated carbocycles. The molecule has 24 heavy (non-hydrogen) atoms. The van der Waals surface area contributed by atoms with Gasteiger partial charge in [0.2, 0.25) is 0 Å². The maximum atomic E-state index is 12.9. The van der Waals surface area contributed by atoms with Gasteiger partial charge in [0.1, 0.15) is 17.1 Å². The van der Waals surface area contributed by atoms with Crippen LogP contribution in [0.1, 0.15) is 28.9 Å². The number of aromatic hydroxyl groups is 1. The third-order valence-corrected chi connectivity index (χ3v) is 3.50. The number of nitrogens with one attached hydrogen (secondary N) is 1. The van der Waals surface area contributed by atoms with Crippen LogP contribution in [0.4, 0.5) is 4.39 Å². The second-order valence-electron chi connectivity index (χ2n) is 5.08. The fourth-order valence-electron chi connectivity index (χ4n) is 2.00. The Balaban J connectivity index is 1.88. The van der Waals surface area contributed by atoms with Crippen molar-refractivity contribution in [3.05, 3.63) is 64.4 Å². The van der Waals surface area contributed by atoms with E-state index < -0.39 is 18.5 Å². The number of benzene rings is 2. The Kier molecular flexibility index (Phi) is 5.76. The topological polar surface area (TPSA) is 75.6 Å². The normalized spacial score (nSPS) is 11.6. The number of ether oxygens (including phenoxy) is 1. The Bertz CT molecular complexity index is 749. The van der Waals surface area contributed by atoms with Crippen molar-refractivity contribution in [1.29, 1.82) is 0 Å². The molecular weight excluding hydrogens is 337 g/mol. The number of amides is 1. The van der Waals surface area contributed by atoms with E-state index in [-0.39, 0.29) is 28.2 Å². The lowest BCUT2D eigenvalue weighted by Crippen LogP contribution is -2.31. The average Bonchev–Trinajstić information content (AvgIpc) is 2.53. The summed E-state index contributed by atoms with van der Waals surface area (Å²) in [4.78, 5) is 23.7. The Morgan fingerprint density at radius 2 is 1.92 bits per heavy atom. The van der Waals surface area contributed by atoms with Crippen LogP contribution in [0.15, 0.2) is 42.5 Å². The van der Waals surface area contributed by atoms with Gasteiger partial charge in [-0.05, 0) is 42.8 Å². The number of phenols is 1. The number of halogens is 2. The first kappa shape index (κ1) is 17.7. The minimum absolute atomic E-state index is 0.0845. The van der Waals surface area contributed by atoms with E-state index in [0.29, 0.717) is 5.56 Å². The third kappa shape index (κ3) is 4.70. The second-order valence-corrected chi connectivity index (χ2v) is 5.51. The Hall–Kier alpha value is -2.60. The van der Waals surface area contributed by atoms with Crippen LogP contribution in [0.25, 0.3) is 0 Å². The molecule has 126 valence electrons. The molecule has 2 N–H and O–H groups in total. The fraction of sp³-hybridized carbons (Fsp3) is 0.176. The molecule has 0 radical (unpaired) electrons. The van der Waals surface area contributed by atoms with Gasteiger partial charge in [-0.25, -0.2) is 9.18 Å². The van der Waals surface area contributed by atoms with Gasteiger partial charge in [-0.2, -0.15) is 0 Å². The lowest BCUT2D eigenvalue weighted by atomic mass is 10.1. The molecule has 0 unspecified atom stereocenters. The minimum Gasteiger partial charge on any atom is -0.507 e. The molecule has 0 bridgehead atoms. The van der Waals surface area contributed by atoms with Crippen LogP contribution in [-0.4, -0.2) is 23.6 Å². The highest BCUT2D eigenvalue weighted by molar-refractivity contribution is 6.30. The van der Waals surface area contributed by atoms with E-state index in [9.17, 15) is 19.1 Å². The number of carbonyl (C=O) groups excluding carboxylic acids is 2. The molecule has 2 aromatic rings. The number of rotatable bonds is 5. The zero-order valence-electron chi connectivity index (χ0n) is 12.8. The molecule has 0 fully saturated rings. The molecule has 0 saturated heterocycles. The highest BCUT2D eigenvalue weighted by atomic mass is 35.5. The van der Waals surface area contributed by atoms with Gasteiger partial charge in [-0.15, -0.1) is 0 Å². The number of phenolic OH excluding ortho intramolecular Hbond substituents is 1. The lowest BCUT2D eigenvalue weighted by Gasteiger charge is -2.14. The summed E-state index contributed by atoms with van der Waals surface area (Å²) in [6, 6.07) is 9.25. The average molecular weight is 352 g/mol. The third-order valence-electron chi connectivity index (χ3n) is 3.26. The summed E-state index contributed by atoms with van der Waals surface area (Å²) < 4.78 is 17.7. The maximum Gasteiger partial charge on any atom is 0.342 e. The maximum absolute atomic E-state index is 12.9. The summed E-state index contributed by atoms with van der Waals surface area (Å²) in [5.41, 5.74) is 0.630. The SMILES string of the molecule is C[C@@H](NC(=O)COC(=O)c1ccc(Cl)cc1O)c1ccc(F)cc1. The van der Waals surface area contributed by atoms with Gasteiger partial charge < -0.3 is 15.2 Å². The highest BCUT2D eigenvalue weighted by Gasteiger charge is 2.16. The summed E-state index contributed by atoms with van der Waals surface area (Å²) in [5, 5.41) is 12.5. The molecule has 0 aliphatic rings. The van der Waals surface area contributed by atoms with Crippen LogP contribution in [0.2, 0.25) is 5.02 Å². The van der Waals surface area contributed by atoms with Crippen molar-refractivity contribution in [2.75, 3.05) is 6.61 Å². The second kappa shape index (κ2) is 7.79. The van der Waals surface area contributed by atoms with Crippen molar-refractivity contribution >= 4 is 23.5 Å². The molecule has 1 atom stereocenters. The zero-order chi connectivity index (χ0) is 17.7. The Morgan fingerprint density at radius 1 is 1.25 bits per heavy atom. The van der Waals surface area contributed by atoms with Gasteiger partial charge in [0, 0.05) is 5.02 Å². The first-order valence-electron chi connectivity index (χ1n) is 7.07. The summed E-state index contributed by atoms with van der Waals surface area (Å²) in [6.45, 7) is 1.21. The number of esters is 1. The summed E-state index contributed by atoms with van der Waals surface area (Å²) in [6.07, 6.45) is 0. The molecule has 0 spiro atoms. The summed E-state index contributed by atoms with van der Waals surface area (Å²) in [5.74, 6) is -2.05. The zero-order valence-corrected chi connectivity index (χ0v) is 13.5. The molecule has 2 aromatic carbocycles. The first-order chi connectivity index (χ1) is 11.4. The number of carbonyl (C=O) groups is 2. The molecule has 0 heterocycles. The van der Waals surface area contributed by atoms with E-state index in [1.807, 2.05) is 0 Å². The van der Waals surface area contributed by atoms with Crippen LogP contribution in [0, 0.1) is 5.82 Å². The van der Waals surface area contributed by atoms with Crippen molar-refractivity contribution in [3.63, 3.8) is 0 Å². The van der Waals surface area contributed by atoms with E-state index >= 15 is 0 Å². The van der Waals surface area contributed by atoms with Crippen molar-refractivity contribution in [3.8, 4) is 5.75 Å². The summed E-state index contributed by atoms with van der Waals surface area (Å²) >= 11 is 5.67. The van der Waals surface area contributed by atoms with E-state index in [0.717, 1.165) is 0 Å². The van der Waals surface area contributed by atoms with Crippen LogP contribution in [-0.2, 0) is 9.53 Å². The van der Waals surface area contributed by atoms with Gasteiger partial charge in [0.05, 0.1) is 6.04 Å². The lowest BCUT2D eigenvalue weighted by molar-refractivity contribution is -0.124. The molecular formula is C17H15ClFNO4. The van der Waals surface area contributed by atoms with Crippen LogP contribution in [0.5, 0.6) is 5.75 Å². The van der Waals surface area contributed by atoms with Crippen molar-refractivity contribution in [2.45, 2.75) is 13.0 Å². The Labute approximate surface area is 143 Å². The summed E-state index contributed by atoms with van der Waals surface area (Å²) in [7, 11) is 0. The van der Waals surface area contributed by atoms with Crippen molar-refractivity contribution in [2.24, 2.45) is 0 Å². The van der Waals surface area contributed by atoms with Gasteiger partial charge >= 0.3 is 5.97 Å². The van der Waals surface area contributed by atoms with Gasteiger partial charge in [-0.1, -0.05) is 23.7 Å². The standard InChI is InChI=1S/C17H15ClFNO4/c1-10(11-2-5-13(19)6-3-11)20-16(22)9-24-17(23)14-7-4-12(18)8-15(14)21/h2-8,10,21H,9H2,1H3,(H,20,22)/t10-/m1/s1. The molecule has 0 aliphatic carbocycles. The van der Waals surface area contributed by atoms with Crippen molar-refractivity contribution < 1.29 is 23.8 Å². The van der Waals surface area contributed by atoms with E-state index in [1.165, 1.54) is 30.3 Å². The Morgan fingerprint density at radius 3 is 2.54 bits per heavy atom. The van der Waals surface area contributed by atoms with Crippen LogP contribution in [0.3, 0.4) is 0 Å². The smallest absolute Gasteiger partial charge is 0.342 e. The molecule has 1 amide bonds. The van der Waals surface area contributed by atoms with Gasteiger partial charge in [-0.3, -0.25) is 4.79 Å². The number of hydrogen-bond donors (Lipinski definition) is 2. The van der Waals surface area contributed by atoms with Crippen LogP contribution < -0.4 is 5.32 Å². The van der Waals surface area contributed by atoms with Crippen molar-refractivity contribution in [1.82, 2.24) is 5.32 Å². The number of hydrogen-bond acceptors (Lipinski definition) is 4. The monoisotopic (exact) mass is 351 g/mol. The molecule has 0 aromatic heterocycles. The molecule has 2 rings (SSSR count). The highest BCUT2D eigenvalue weighted by Crippen LogP contribution is 2.22. The van der Waals surface area contributed by atoms with Gasteiger partial charge in [0.15, 0.2) is 6.61 Å². The minimum atomic E-state index is -0.839. The fourth-order valence-corrected chi connectivity index (χ4v) is 2.17. The quantitative estimate of drug-likeness (QED) is 0.811. The molecule has 0 aliphatic heterocycles. The van der Waals surface area contributed by atoms with Crippen LogP contribution >= 0.6 is 11.6 Å². The van der Waals surface area contributed by atoms with Gasteiger partial charge in [0.25, 0.3) is 5.91 Å². The predicted molar refractivity (Wildman–Crippen MR) is 86.4 cm³/mol. The predicted octanol–water partition coefficient (Wildman–Crippen LogP) is 3.22. The largest absolute Gasteiger partial charge is 0.507 e. The molecule has 7 heteroatoms.